The lowest BCUT2D eigenvalue weighted by atomic mass is 9.99. The number of hydrogen-bond donors (Lipinski definition) is 2. The Morgan fingerprint density at radius 3 is 2.60 bits per heavy atom. The Labute approximate surface area is 146 Å². The van der Waals surface area contributed by atoms with Gasteiger partial charge in [-0.3, -0.25) is 9.59 Å². The minimum absolute atomic E-state index is 0.00864. The summed E-state index contributed by atoms with van der Waals surface area (Å²) in [6, 6.07) is 10.9. The molecule has 1 amide bonds. The molecule has 2 N–H and O–H groups in total. The Bertz CT molecular complexity index is 753. The maximum Gasteiger partial charge on any atom is 0.228 e. The molecular formula is C19H21N3O3. The van der Waals surface area contributed by atoms with Crippen LogP contribution >= 0.6 is 0 Å². The molecule has 6 heteroatoms. The van der Waals surface area contributed by atoms with Gasteiger partial charge < -0.3 is 15.4 Å². The van der Waals surface area contributed by atoms with E-state index in [1.54, 1.807) is 24.4 Å². The van der Waals surface area contributed by atoms with Gasteiger partial charge in [-0.2, -0.15) is 0 Å². The molecule has 2 heterocycles. The number of carbonyl (C=O) groups excluding carboxylic acids is 2. The van der Waals surface area contributed by atoms with Crippen LogP contribution in [0.3, 0.4) is 0 Å². The molecule has 1 aliphatic heterocycles. The Hall–Kier alpha value is -2.73. The van der Waals surface area contributed by atoms with Crippen LogP contribution in [0.4, 0.5) is 17.2 Å². The number of hydrogen-bond acceptors (Lipinski definition) is 5. The van der Waals surface area contributed by atoms with E-state index in [9.17, 15) is 9.59 Å². The molecule has 0 bridgehead atoms. The summed E-state index contributed by atoms with van der Waals surface area (Å²) in [5.74, 6) is 0.529. The normalized spacial score (nSPS) is 14.8. The Balaban J connectivity index is 1.61. The van der Waals surface area contributed by atoms with Gasteiger partial charge >= 0.3 is 0 Å². The number of nitrogens with one attached hydrogen (secondary N) is 2. The number of pyridine rings is 1. The monoisotopic (exact) mass is 339 g/mol. The van der Waals surface area contributed by atoms with E-state index in [1.807, 2.05) is 18.2 Å². The summed E-state index contributed by atoms with van der Waals surface area (Å²) < 4.78 is 5.27. The van der Waals surface area contributed by atoms with E-state index in [-0.39, 0.29) is 17.6 Å². The van der Waals surface area contributed by atoms with Gasteiger partial charge in [0.25, 0.3) is 0 Å². The number of ether oxygens (including phenoxy) is 1. The van der Waals surface area contributed by atoms with Gasteiger partial charge in [0.2, 0.25) is 5.91 Å². The average Bonchev–Trinajstić information content (AvgIpc) is 2.64. The van der Waals surface area contributed by atoms with Crippen molar-refractivity contribution in [3.63, 3.8) is 0 Å². The molecule has 1 saturated heterocycles. The SMILES string of the molecule is CC(=O)c1cccc(Nc2ccc(NC(=O)C3CCOCC3)nc2)c1. The Morgan fingerprint density at radius 2 is 1.92 bits per heavy atom. The van der Waals surface area contributed by atoms with Crippen molar-refractivity contribution < 1.29 is 14.3 Å². The number of amides is 1. The third kappa shape index (κ3) is 4.64. The van der Waals surface area contributed by atoms with Gasteiger partial charge in [-0.05, 0) is 44.0 Å². The second kappa shape index (κ2) is 7.90. The van der Waals surface area contributed by atoms with Crippen LogP contribution in [0.25, 0.3) is 0 Å². The number of carbonyl (C=O) groups is 2. The molecule has 0 unspecified atom stereocenters. The molecular weight excluding hydrogens is 318 g/mol. The highest BCUT2D eigenvalue weighted by Gasteiger charge is 2.21. The summed E-state index contributed by atoms with van der Waals surface area (Å²) in [5, 5.41) is 6.05. The molecule has 1 aromatic carbocycles. The second-order valence-electron chi connectivity index (χ2n) is 6.07. The fourth-order valence-electron chi connectivity index (χ4n) is 2.71. The molecule has 0 atom stereocenters. The Morgan fingerprint density at radius 1 is 1.12 bits per heavy atom. The minimum atomic E-state index is -0.0114. The summed E-state index contributed by atoms with van der Waals surface area (Å²) >= 11 is 0. The quantitative estimate of drug-likeness (QED) is 0.816. The van der Waals surface area contributed by atoms with Crippen LogP contribution in [0.15, 0.2) is 42.6 Å². The first-order valence-electron chi connectivity index (χ1n) is 8.34. The van der Waals surface area contributed by atoms with Crippen LogP contribution < -0.4 is 10.6 Å². The van der Waals surface area contributed by atoms with E-state index in [0.29, 0.717) is 24.6 Å². The van der Waals surface area contributed by atoms with Crippen molar-refractivity contribution in [1.82, 2.24) is 4.98 Å². The summed E-state index contributed by atoms with van der Waals surface area (Å²) in [7, 11) is 0. The molecule has 130 valence electrons. The number of benzene rings is 1. The van der Waals surface area contributed by atoms with E-state index in [0.717, 1.165) is 24.2 Å². The molecule has 0 radical (unpaired) electrons. The van der Waals surface area contributed by atoms with Crippen molar-refractivity contribution in [2.24, 2.45) is 5.92 Å². The third-order valence-electron chi connectivity index (χ3n) is 4.16. The molecule has 1 fully saturated rings. The summed E-state index contributed by atoms with van der Waals surface area (Å²) in [5.41, 5.74) is 2.25. The lowest BCUT2D eigenvalue weighted by molar-refractivity contribution is -0.122. The predicted octanol–water partition coefficient (Wildman–Crippen LogP) is 3.39. The largest absolute Gasteiger partial charge is 0.381 e. The summed E-state index contributed by atoms with van der Waals surface area (Å²) in [6.45, 7) is 2.80. The number of Topliss-reactive ketones (excluding diaryl/α,β-unsaturated/α-hetero) is 1. The topological polar surface area (TPSA) is 80.3 Å². The van der Waals surface area contributed by atoms with Gasteiger partial charge in [-0.1, -0.05) is 12.1 Å². The van der Waals surface area contributed by atoms with Crippen molar-refractivity contribution in [3.05, 3.63) is 48.2 Å². The Kier molecular flexibility index (Phi) is 5.40. The highest BCUT2D eigenvalue weighted by molar-refractivity contribution is 5.95. The zero-order chi connectivity index (χ0) is 17.6. The molecule has 0 aliphatic carbocycles. The highest BCUT2D eigenvalue weighted by Crippen LogP contribution is 2.20. The zero-order valence-electron chi connectivity index (χ0n) is 14.1. The maximum atomic E-state index is 12.2. The smallest absolute Gasteiger partial charge is 0.228 e. The summed E-state index contributed by atoms with van der Waals surface area (Å²) in [4.78, 5) is 27.9. The van der Waals surface area contributed by atoms with Gasteiger partial charge in [-0.15, -0.1) is 0 Å². The van der Waals surface area contributed by atoms with E-state index in [4.69, 9.17) is 4.74 Å². The van der Waals surface area contributed by atoms with Crippen molar-refractivity contribution in [2.75, 3.05) is 23.8 Å². The fraction of sp³-hybridized carbons (Fsp3) is 0.316. The average molecular weight is 339 g/mol. The number of anilines is 3. The maximum absolute atomic E-state index is 12.2. The van der Waals surface area contributed by atoms with Crippen molar-refractivity contribution in [2.45, 2.75) is 19.8 Å². The van der Waals surface area contributed by atoms with Crippen LogP contribution in [-0.2, 0) is 9.53 Å². The summed E-state index contributed by atoms with van der Waals surface area (Å²) in [6.07, 6.45) is 3.15. The predicted molar refractivity (Wildman–Crippen MR) is 96.1 cm³/mol. The van der Waals surface area contributed by atoms with E-state index >= 15 is 0 Å². The van der Waals surface area contributed by atoms with Crippen LogP contribution in [-0.4, -0.2) is 29.9 Å². The number of nitrogens with zero attached hydrogens (tertiary/aromatic N) is 1. The molecule has 25 heavy (non-hydrogen) atoms. The fourth-order valence-corrected chi connectivity index (χ4v) is 2.71. The lowest BCUT2D eigenvalue weighted by Gasteiger charge is -2.20. The van der Waals surface area contributed by atoms with E-state index in [2.05, 4.69) is 15.6 Å². The molecule has 0 saturated carbocycles. The first kappa shape index (κ1) is 17.1. The number of ketones is 1. The van der Waals surface area contributed by atoms with E-state index in [1.165, 1.54) is 6.92 Å². The molecule has 6 nitrogen and oxygen atoms in total. The minimum Gasteiger partial charge on any atom is -0.381 e. The molecule has 2 aromatic rings. The highest BCUT2D eigenvalue weighted by atomic mass is 16.5. The number of aromatic nitrogens is 1. The zero-order valence-corrected chi connectivity index (χ0v) is 14.1. The van der Waals surface area contributed by atoms with Crippen molar-refractivity contribution in [1.29, 1.82) is 0 Å². The first-order valence-corrected chi connectivity index (χ1v) is 8.34. The van der Waals surface area contributed by atoms with Crippen molar-refractivity contribution in [3.8, 4) is 0 Å². The van der Waals surface area contributed by atoms with Gasteiger partial charge in [0.15, 0.2) is 5.78 Å². The van der Waals surface area contributed by atoms with Crippen LogP contribution in [0.2, 0.25) is 0 Å². The second-order valence-corrected chi connectivity index (χ2v) is 6.07. The van der Waals surface area contributed by atoms with Crippen molar-refractivity contribution >= 4 is 28.9 Å². The van der Waals surface area contributed by atoms with Gasteiger partial charge in [-0.25, -0.2) is 4.98 Å². The molecule has 3 rings (SSSR count). The molecule has 1 aliphatic rings. The van der Waals surface area contributed by atoms with Crippen LogP contribution in [0.1, 0.15) is 30.1 Å². The molecule has 1 aromatic heterocycles. The van der Waals surface area contributed by atoms with E-state index < -0.39 is 0 Å². The van der Waals surface area contributed by atoms with Crippen LogP contribution in [0, 0.1) is 5.92 Å². The lowest BCUT2D eigenvalue weighted by Crippen LogP contribution is -2.28. The third-order valence-corrected chi connectivity index (χ3v) is 4.16. The van der Waals surface area contributed by atoms with Gasteiger partial charge in [0.1, 0.15) is 5.82 Å². The first-order chi connectivity index (χ1) is 12.1. The van der Waals surface area contributed by atoms with Gasteiger partial charge in [0, 0.05) is 30.4 Å². The van der Waals surface area contributed by atoms with Crippen LogP contribution in [0.5, 0.6) is 0 Å². The van der Waals surface area contributed by atoms with Gasteiger partial charge in [0.05, 0.1) is 11.9 Å². The standard InChI is InChI=1S/C19H21N3O3/c1-13(23)15-3-2-4-16(11-15)21-17-5-6-18(20-12-17)22-19(24)14-7-9-25-10-8-14/h2-6,11-12,14,21H,7-10H2,1H3,(H,20,22,24). The molecule has 0 spiro atoms. The number of rotatable bonds is 5.